The van der Waals surface area contributed by atoms with E-state index in [2.05, 4.69) is 10.1 Å². The standard InChI is InChI=1S/C20H21ClN2O5S/c1-28-20(25)15-7-8-17(21)18(13-15)29(26,27)23-11-9-14(10-12-23)19(24)22-16-5-3-2-4-6-16/h2-8,13-14H,9-12H2,1H3,(H,22,24). The van der Waals surface area contributed by atoms with Crippen LogP contribution in [0.2, 0.25) is 5.02 Å². The molecule has 0 radical (unpaired) electrons. The van der Waals surface area contributed by atoms with Crippen LogP contribution >= 0.6 is 11.6 Å². The van der Waals surface area contributed by atoms with E-state index in [0.717, 1.165) is 0 Å². The summed E-state index contributed by atoms with van der Waals surface area (Å²) in [5.41, 5.74) is 0.812. The lowest BCUT2D eigenvalue weighted by molar-refractivity contribution is -0.120. The minimum Gasteiger partial charge on any atom is -0.465 e. The normalized spacial score (nSPS) is 15.7. The van der Waals surface area contributed by atoms with Crippen molar-refractivity contribution in [1.82, 2.24) is 4.31 Å². The van der Waals surface area contributed by atoms with Crippen molar-refractivity contribution in [2.24, 2.45) is 5.92 Å². The summed E-state index contributed by atoms with van der Waals surface area (Å²) in [5, 5.41) is 2.88. The number of anilines is 1. The number of carbonyl (C=O) groups excluding carboxylic acids is 2. The topological polar surface area (TPSA) is 92.8 Å². The zero-order valence-corrected chi connectivity index (χ0v) is 17.4. The first-order valence-electron chi connectivity index (χ1n) is 9.07. The third-order valence-electron chi connectivity index (χ3n) is 4.84. The molecule has 1 aliphatic rings. The van der Waals surface area contributed by atoms with Crippen LogP contribution in [0.15, 0.2) is 53.4 Å². The molecule has 2 aromatic rings. The second kappa shape index (κ2) is 8.94. The molecule has 0 aliphatic carbocycles. The second-order valence-corrected chi connectivity index (χ2v) is 8.98. The van der Waals surface area contributed by atoms with Crippen molar-refractivity contribution in [1.29, 1.82) is 0 Å². The quantitative estimate of drug-likeness (QED) is 0.726. The molecule has 3 rings (SSSR count). The van der Waals surface area contributed by atoms with E-state index >= 15 is 0 Å². The SMILES string of the molecule is COC(=O)c1ccc(Cl)c(S(=O)(=O)N2CCC(C(=O)Nc3ccccc3)CC2)c1. The van der Waals surface area contributed by atoms with Crippen molar-refractivity contribution in [3.8, 4) is 0 Å². The number of methoxy groups -OCH3 is 1. The molecule has 1 fully saturated rings. The number of hydrogen-bond acceptors (Lipinski definition) is 5. The minimum atomic E-state index is -3.90. The summed E-state index contributed by atoms with van der Waals surface area (Å²) in [4.78, 5) is 24.0. The fourth-order valence-electron chi connectivity index (χ4n) is 3.21. The second-order valence-electron chi connectivity index (χ2n) is 6.67. The van der Waals surface area contributed by atoms with Gasteiger partial charge < -0.3 is 10.1 Å². The number of esters is 1. The molecule has 1 saturated heterocycles. The summed E-state index contributed by atoms with van der Waals surface area (Å²) < 4.78 is 32.0. The lowest BCUT2D eigenvalue weighted by atomic mass is 9.97. The van der Waals surface area contributed by atoms with E-state index in [1.165, 1.54) is 29.6 Å². The molecule has 154 valence electrons. The predicted octanol–water partition coefficient (Wildman–Crippen LogP) is 3.17. The van der Waals surface area contributed by atoms with Crippen molar-refractivity contribution < 1.29 is 22.7 Å². The summed E-state index contributed by atoms with van der Waals surface area (Å²) in [6, 6.07) is 13.1. The first-order valence-corrected chi connectivity index (χ1v) is 10.9. The molecule has 7 nitrogen and oxygen atoms in total. The van der Waals surface area contributed by atoms with Crippen LogP contribution in [0.1, 0.15) is 23.2 Å². The fourth-order valence-corrected chi connectivity index (χ4v) is 5.18. The zero-order valence-electron chi connectivity index (χ0n) is 15.8. The number of ether oxygens (including phenoxy) is 1. The molecule has 1 amide bonds. The molecule has 0 bridgehead atoms. The Hall–Kier alpha value is -2.42. The van der Waals surface area contributed by atoms with Gasteiger partial charge in [0.2, 0.25) is 15.9 Å². The van der Waals surface area contributed by atoms with Crippen LogP contribution in [-0.2, 0) is 19.6 Å². The molecule has 0 atom stereocenters. The molecular formula is C20H21ClN2O5S. The Morgan fingerprint density at radius 2 is 1.76 bits per heavy atom. The average Bonchev–Trinajstić information content (AvgIpc) is 2.74. The van der Waals surface area contributed by atoms with Gasteiger partial charge in [-0.25, -0.2) is 13.2 Å². The van der Waals surface area contributed by atoms with Gasteiger partial charge in [0.05, 0.1) is 17.7 Å². The lowest BCUT2D eigenvalue weighted by Gasteiger charge is -2.30. The van der Waals surface area contributed by atoms with Gasteiger partial charge in [-0.3, -0.25) is 4.79 Å². The smallest absolute Gasteiger partial charge is 0.337 e. The fraction of sp³-hybridized carbons (Fsp3) is 0.300. The number of halogens is 1. The summed E-state index contributed by atoms with van der Waals surface area (Å²) in [5.74, 6) is -1.05. The van der Waals surface area contributed by atoms with Crippen molar-refractivity contribution in [2.45, 2.75) is 17.7 Å². The molecule has 2 aromatic carbocycles. The monoisotopic (exact) mass is 436 g/mol. The molecule has 9 heteroatoms. The Balaban J connectivity index is 1.70. The number of rotatable bonds is 5. The Morgan fingerprint density at radius 3 is 2.38 bits per heavy atom. The van der Waals surface area contributed by atoms with E-state index in [-0.39, 0.29) is 40.4 Å². The molecule has 0 spiro atoms. The first-order chi connectivity index (χ1) is 13.8. The van der Waals surface area contributed by atoms with Gasteiger partial charge in [-0.2, -0.15) is 4.31 Å². The first kappa shape index (κ1) is 21.3. The van der Waals surface area contributed by atoms with Crippen LogP contribution in [-0.4, -0.2) is 44.8 Å². The highest BCUT2D eigenvalue weighted by Crippen LogP contribution is 2.29. The highest BCUT2D eigenvalue weighted by molar-refractivity contribution is 7.89. The van der Waals surface area contributed by atoms with Gasteiger partial charge in [-0.15, -0.1) is 0 Å². The van der Waals surface area contributed by atoms with E-state index in [0.29, 0.717) is 18.5 Å². The zero-order chi connectivity index (χ0) is 21.0. The van der Waals surface area contributed by atoms with E-state index in [1.807, 2.05) is 18.2 Å². The minimum absolute atomic E-state index is 0.0293. The maximum absolute atomic E-state index is 13.0. The van der Waals surface area contributed by atoms with Crippen molar-refractivity contribution >= 4 is 39.2 Å². The molecule has 0 aromatic heterocycles. The van der Waals surface area contributed by atoms with Crippen LogP contribution in [0.3, 0.4) is 0 Å². The number of nitrogens with zero attached hydrogens (tertiary/aromatic N) is 1. The third kappa shape index (κ3) is 4.77. The number of hydrogen-bond donors (Lipinski definition) is 1. The predicted molar refractivity (Wildman–Crippen MR) is 109 cm³/mol. The number of carbonyl (C=O) groups is 2. The molecular weight excluding hydrogens is 416 g/mol. The largest absolute Gasteiger partial charge is 0.465 e. The number of piperidine rings is 1. The molecule has 1 aliphatic heterocycles. The number of nitrogens with one attached hydrogen (secondary N) is 1. The number of para-hydroxylation sites is 1. The Kier molecular flexibility index (Phi) is 6.56. The molecule has 1 N–H and O–H groups in total. The van der Waals surface area contributed by atoms with Gasteiger partial charge in [0.25, 0.3) is 0 Å². The summed E-state index contributed by atoms with van der Waals surface area (Å²) in [6.45, 7) is 0.377. The highest BCUT2D eigenvalue weighted by atomic mass is 35.5. The van der Waals surface area contributed by atoms with Crippen molar-refractivity contribution in [3.05, 3.63) is 59.1 Å². The summed E-state index contributed by atoms with van der Waals surface area (Å²) in [6.07, 6.45) is 0.790. The molecule has 29 heavy (non-hydrogen) atoms. The molecule has 1 heterocycles. The van der Waals surface area contributed by atoms with Gasteiger partial charge in [0.15, 0.2) is 0 Å². The number of sulfonamides is 1. The van der Waals surface area contributed by atoms with Crippen LogP contribution in [0, 0.1) is 5.92 Å². The Bertz CT molecular complexity index is 1000. The maximum Gasteiger partial charge on any atom is 0.337 e. The Morgan fingerprint density at radius 1 is 1.10 bits per heavy atom. The maximum atomic E-state index is 13.0. The van der Waals surface area contributed by atoms with Crippen LogP contribution in [0.25, 0.3) is 0 Å². The van der Waals surface area contributed by atoms with Crippen molar-refractivity contribution in [2.75, 3.05) is 25.5 Å². The van der Waals surface area contributed by atoms with Crippen LogP contribution < -0.4 is 5.32 Å². The Labute approximate surface area is 174 Å². The van der Waals surface area contributed by atoms with Gasteiger partial charge in [-0.1, -0.05) is 29.8 Å². The average molecular weight is 437 g/mol. The van der Waals surface area contributed by atoms with Gasteiger partial charge in [0, 0.05) is 24.7 Å². The van der Waals surface area contributed by atoms with E-state index < -0.39 is 16.0 Å². The van der Waals surface area contributed by atoms with Gasteiger partial charge >= 0.3 is 5.97 Å². The number of amides is 1. The van der Waals surface area contributed by atoms with E-state index in [9.17, 15) is 18.0 Å². The highest BCUT2D eigenvalue weighted by Gasteiger charge is 2.33. The van der Waals surface area contributed by atoms with E-state index in [4.69, 9.17) is 11.6 Å². The van der Waals surface area contributed by atoms with Crippen molar-refractivity contribution in [3.63, 3.8) is 0 Å². The van der Waals surface area contributed by atoms with Crippen LogP contribution in [0.5, 0.6) is 0 Å². The van der Waals surface area contributed by atoms with Gasteiger partial charge in [0.1, 0.15) is 4.90 Å². The van der Waals surface area contributed by atoms with Gasteiger partial charge in [-0.05, 0) is 43.2 Å². The number of benzene rings is 2. The molecule has 0 unspecified atom stereocenters. The lowest BCUT2D eigenvalue weighted by Crippen LogP contribution is -2.41. The third-order valence-corrected chi connectivity index (χ3v) is 7.22. The van der Waals surface area contributed by atoms with E-state index in [1.54, 1.807) is 12.1 Å². The summed E-state index contributed by atoms with van der Waals surface area (Å²) in [7, 11) is -2.68. The molecule has 0 saturated carbocycles. The summed E-state index contributed by atoms with van der Waals surface area (Å²) >= 11 is 6.10. The van der Waals surface area contributed by atoms with Crippen LogP contribution in [0.4, 0.5) is 5.69 Å².